The molecule has 1 amide bonds. The third-order valence-electron chi connectivity index (χ3n) is 3.57. The van der Waals surface area contributed by atoms with Gasteiger partial charge in [-0.3, -0.25) is 9.78 Å². The van der Waals surface area contributed by atoms with Gasteiger partial charge in [0.1, 0.15) is 10.4 Å². The Kier molecular flexibility index (Phi) is 3.14. The second-order valence-electron chi connectivity index (χ2n) is 5.52. The fourth-order valence-electron chi connectivity index (χ4n) is 2.46. The maximum Gasteiger partial charge on any atom is 0.266 e. The van der Waals surface area contributed by atoms with Crippen LogP contribution < -0.4 is 5.73 Å². The standard InChI is InChI=1S/C14H17N3O2S/c1-14(2)8-19-7-6-17(14)13(18)12-10(15)11-9(20-12)4-3-5-16-11/h3-5H,6-8,15H2,1-2H3. The van der Waals surface area contributed by atoms with E-state index < -0.39 is 0 Å². The number of carbonyl (C=O) groups is 1. The quantitative estimate of drug-likeness (QED) is 0.874. The van der Waals surface area contributed by atoms with Crippen LogP contribution in [0.5, 0.6) is 0 Å². The van der Waals surface area contributed by atoms with Gasteiger partial charge in [0, 0.05) is 12.7 Å². The molecule has 1 aliphatic heterocycles. The molecule has 0 aromatic carbocycles. The Labute approximate surface area is 121 Å². The molecule has 6 heteroatoms. The first-order valence-corrected chi connectivity index (χ1v) is 7.35. The lowest BCUT2D eigenvalue weighted by atomic mass is 10.0. The molecule has 0 saturated carbocycles. The van der Waals surface area contributed by atoms with Gasteiger partial charge in [0.05, 0.1) is 29.1 Å². The fourth-order valence-corrected chi connectivity index (χ4v) is 3.49. The first-order chi connectivity index (χ1) is 9.50. The zero-order chi connectivity index (χ0) is 14.3. The summed E-state index contributed by atoms with van der Waals surface area (Å²) in [7, 11) is 0. The molecule has 3 heterocycles. The van der Waals surface area contributed by atoms with E-state index in [0.717, 1.165) is 4.70 Å². The highest BCUT2D eigenvalue weighted by Gasteiger charge is 2.36. The van der Waals surface area contributed by atoms with Crippen molar-refractivity contribution in [2.45, 2.75) is 19.4 Å². The summed E-state index contributed by atoms with van der Waals surface area (Å²) in [6.07, 6.45) is 1.69. The summed E-state index contributed by atoms with van der Waals surface area (Å²) in [6.45, 7) is 5.71. The number of pyridine rings is 1. The number of carbonyl (C=O) groups excluding carboxylic acids is 1. The minimum Gasteiger partial charge on any atom is -0.396 e. The molecule has 1 aliphatic rings. The summed E-state index contributed by atoms with van der Waals surface area (Å²) in [5.41, 5.74) is 6.99. The molecule has 0 aliphatic carbocycles. The van der Waals surface area contributed by atoms with Gasteiger partial charge in [-0.25, -0.2) is 0 Å². The molecule has 1 saturated heterocycles. The van der Waals surface area contributed by atoms with Crippen LogP contribution in [0.15, 0.2) is 18.3 Å². The topological polar surface area (TPSA) is 68.5 Å². The molecule has 1 fully saturated rings. The van der Waals surface area contributed by atoms with Gasteiger partial charge in [0.15, 0.2) is 0 Å². The zero-order valence-corrected chi connectivity index (χ0v) is 12.4. The highest BCUT2D eigenvalue weighted by atomic mass is 32.1. The number of nitrogens with zero attached hydrogens (tertiary/aromatic N) is 2. The number of morpholine rings is 1. The molecule has 0 atom stereocenters. The van der Waals surface area contributed by atoms with E-state index in [2.05, 4.69) is 4.98 Å². The molecule has 2 aromatic heterocycles. The number of fused-ring (bicyclic) bond motifs is 1. The minimum absolute atomic E-state index is 0.0289. The zero-order valence-electron chi connectivity index (χ0n) is 11.5. The average Bonchev–Trinajstić information content (AvgIpc) is 2.76. The molecular formula is C14H17N3O2S. The smallest absolute Gasteiger partial charge is 0.266 e. The van der Waals surface area contributed by atoms with Crippen LogP contribution in [-0.4, -0.2) is 41.1 Å². The Bertz CT molecular complexity index is 665. The Morgan fingerprint density at radius 1 is 1.55 bits per heavy atom. The van der Waals surface area contributed by atoms with E-state index in [1.807, 2.05) is 30.9 Å². The number of thiophene rings is 1. The van der Waals surface area contributed by atoms with Crippen molar-refractivity contribution in [2.24, 2.45) is 0 Å². The molecule has 20 heavy (non-hydrogen) atoms. The minimum atomic E-state index is -0.314. The van der Waals surface area contributed by atoms with Gasteiger partial charge in [0.25, 0.3) is 5.91 Å². The first-order valence-electron chi connectivity index (χ1n) is 6.53. The van der Waals surface area contributed by atoms with Crippen molar-refractivity contribution >= 4 is 33.1 Å². The van der Waals surface area contributed by atoms with E-state index in [1.54, 1.807) is 6.20 Å². The van der Waals surface area contributed by atoms with Crippen molar-refractivity contribution in [3.8, 4) is 0 Å². The summed E-state index contributed by atoms with van der Waals surface area (Å²) in [4.78, 5) is 19.5. The predicted molar refractivity (Wildman–Crippen MR) is 80.0 cm³/mol. The van der Waals surface area contributed by atoms with Crippen molar-refractivity contribution in [3.63, 3.8) is 0 Å². The normalized spacial score (nSPS) is 18.4. The van der Waals surface area contributed by atoms with Crippen molar-refractivity contribution in [3.05, 3.63) is 23.2 Å². The molecule has 0 radical (unpaired) electrons. The molecule has 2 N–H and O–H groups in total. The van der Waals surface area contributed by atoms with Gasteiger partial charge in [-0.1, -0.05) is 0 Å². The van der Waals surface area contributed by atoms with E-state index in [9.17, 15) is 4.79 Å². The molecule has 0 spiro atoms. The highest BCUT2D eigenvalue weighted by molar-refractivity contribution is 7.21. The van der Waals surface area contributed by atoms with Gasteiger partial charge in [0.2, 0.25) is 0 Å². The van der Waals surface area contributed by atoms with Crippen LogP contribution in [0, 0.1) is 0 Å². The maximum absolute atomic E-state index is 12.8. The number of nitrogens with two attached hydrogens (primary N) is 1. The molecule has 106 valence electrons. The summed E-state index contributed by atoms with van der Waals surface area (Å²) in [5, 5.41) is 0. The Morgan fingerprint density at radius 2 is 2.35 bits per heavy atom. The Morgan fingerprint density at radius 3 is 3.05 bits per heavy atom. The fraction of sp³-hybridized carbons (Fsp3) is 0.429. The third kappa shape index (κ3) is 2.05. The average molecular weight is 291 g/mol. The molecule has 5 nitrogen and oxygen atoms in total. The van der Waals surface area contributed by atoms with Crippen molar-refractivity contribution in [2.75, 3.05) is 25.5 Å². The van der Waals surface area contributed by atoms with Gasteiger partial charge in [-0.15, -0.1) is 11.3 Å². The Balaban J connectivity index is 2.02. The SMILES string of the molecule is CC1(C)COCCN1C(=O)c1sc2cccnc2c1N. The van der Waals surface area contributed by atoms with Crippen LogP contribution in [0.25, 0.3) is 10.2 Å². The maximum atomic E-state index is 12.8. The number of hydrogen-bond acceptors (Lipinski definition) is 5. The third-order valence-corrected chi connectivity index (χ3v) is 4.72. The Hall–Kier alpha value is -1.66. The van der Waals surface area contributed by atoms with Crippen LogP contribution in [0.4, 0.5) is 5.69 Å². The van der Waals surface area contributed by atoms with Crippen LogP contribution in [0.3, 0.4) is 0 Å². The van der Waals surface area contributed by atoms with E-state index in [4.69, 9.17) is 10.5 Å². The van der Waals surface area contributed by atoms with Crippen molar-refractivity contribution in [1.82, 2.24) is 9.88 Å². The monoisotopic (exact) mass is 291 g/mol. The van der Waals surface area contributed by atoms with Crippen LogP contribution >= 0.6 is 11.3 Å². The largest absolute Gasteiger partial charge is 0.396 e. The molecular weight excluding hydrogens is 274 g/mol. The molecule has 0 unspecified atom stereocenters. The number of hydrogen-bond donors (Lipinski definition) is 1. The van der Waals surface area contributed by atoms with E-state index in [1.165, 1.54) is 11.3 Å². The lowest BCUT2D eigenvalue weighted by Gasteiger charge is -2.41. The van der Waals surface area contributed by atoms with Crippen LogP contribution in [-0.2, 0) is 4.74 Å². The lowest BCUT2D eigenvalue weighted by molar-refractivity contribution is -0.0368. The summed E-state index contributed by atoms with van der Waals surface area (Å²) in [5.74, 6) is -0.0289. The highest BCUT2D eigenvalue weighted by Crippen LogP contribution is 2.34. The molecule has 0 bridgehead atoms. The summed E-state index contributed by atoms with van der Waals surface area (Å²) in [6, 6.07) is 3.79. The number of rotatable bonds is 1. The molecule has 2 aromatic rings. The van der Waals surface area contributed by atoms with E-state index in [0.29, 0.717) is 35.8 Å². The van der Waals surface area contributed by atoms with Crippen LogP contribution in [0.2, 0.25) is 0 Å². The van der Waals surface area contributed by atoms with Gasteiger partial charge >= 0.3 is 0 Å². The number of nitrogen functional groups attached to an aromatic ring is 1. The number of anilines is 1. The van der Waals surface area contributed by atoms with Crippen LogP contribution in [0.1, 0.15) is 23.5 Å². The van der Waals surface area contributed by atoms with E-state index >= 15 is 0 Å². The van der Waals surface area contributed by atoms with E-state index in [-0.39, 0.29) is 11.4 Å². The summed E-state index contributed by atoms with van der Waals surface area (Å²) < 4.78 is 6.40. The van der Waals surface area contributed by atoms with Gasteiger partial charge < -0.3 is 15.4 Å². The number of ether oxygens (including phenoxy) is 1. The number of amides is 1. The van der Waals surface area contributed by atoms with Crippen molar-refractivity contribution in [1.29, 1.82) is 0 Å². The summed E-state index contributed by atoms with van der Waals surface area (Å²) >= 11 is 1.41. The van der Waals surface area contributed by atoms with Gasteiger partial charge in [-0.2, -0.15) is 0 Å². The molecule has 3 rings (SSSR count). The van der Waals surface area contributed by atoms with Gasteiger partial charge in [-0.05, 0) is 26.0 Å². The lowest BCUT2D eigenvalue weighted by Crippen LogP contribution is -2.55. The number of aromatic nitrogens is 1. The van der Waals surface area contributed by atoms with Crippen molar-refractivity contribution < 1.29 is 9.53 Å². The second-order valence-corrected chi connectivity index (χ2v) is 6.57. The predicted octanol–water partition coefficient (Wildman–Crippen LogP) is 2.13. The second kappa shape index (κ2) is 4.71. The first kappa shape index (κ1) is 13.3.